The van der Waals surface area contributed by atoms with Crippen molar-refractivity contribution in [2.24, 2.45) is 34.0 Å². The molecule has 6 fully saturated rings. The molecule has 0 radical (unpaired) electrons. The molecule has 4 aliphatic carbocycles. The van der Waals surface area contributed by atoms with Crippen LogP contribution in [0.2, 0.25) is 0 Å². The summed E-state index contributed by atoms with van der Waals surface area (Å²) in [6.45, 7) is 12.9. The summed E-state index contributed by atoms with van der Waals surface area (Å²) in [5.41, 5.74) is -1.35. The molecule has 2 saturated heterocycles. The summed E-state index contributed by atoms with van der Waals surface area (Å²) in [5.74, 6) is -4.15. The van der Waals surface area contributed by atoms with Gasteiger partial charge in [-0.05, 0) is 42.6 Å². The first-order valence-electron chi connectivity index (χ1n) is 12.4. The topological polar surface area (TPSA) is 108 Å². The van der Waals surface area contributed by atoms with Gasteiger partial charge < -0.3 is 24.1 Å². The van der Waals surface area contributed by atoms with Gasteiger partial charge in [0, 0.05) is 38.0 Å². The zero-order chi connectivity index (χ0) is 24.8. The summed E-state index contributed by atoms with van der Waals surface area (Å²) >= 11 is 0. The van der Waals surface area contributed by atoms with Crippen LogP contribution >= 0.6 is 0 Å². The molecule has 8 nitrogen and oxygen atoms in total. The van der Waals surface area contributed by atoms with Gasteiger partial charge in [0.25, 0.3) is 0 Å². The van der Waals surface area contributed by atoms with E-state index in [2.05, 4.69) is 20.4 Å². The molecule has 2 spiro atoms. The molecule has 9 atom stereocenters. The molecule has 4 bridgehead atoms. The van der Waals surface area contributed by atoms with Crippen LogP contribution in [0, 0.1) is 34.0 Å². The van der Waals surface area contributed by atoms with Crippen molar-refractivity contribution in [3.8, 4) is 0 Å². The van der Waals surface area contributed by atoms with Crippen LogP contribution in [0.1, 0.15) is 66.7 Å². The monoisotopic (exact) mass is 476 g/mol. The minimum Gasteiger partial charge on any atom is -0.461 e. The van der Waals surface area contributed by atoms with Crippen LogP contribution in [0.15, 0.2) is 12.2 Å². The van der Waals surface area contributed by atoms with E-state index in [9.17, 15) is 19.5 Å². The second-order valence-electron chi connectivity index (χ2n) is 11.8. The minimum atomic E-state index is -2.01. The SMILES string of the molecule is C=C1C2CCC3C45CCCC(C)(C)C4C(OC(C)=O)C(O)(OC5)C3(C1OC(C)=O)C2OC(C)=O. The van der Waals surface area contributed by atoms with Crippen molar-refractivity contribution in [1.29, 1.82) is 0 Å². The number of hydrogen-bond donors (Lipinski definition) is 1. The maximum absolute atomic E-state index is 12.6. The van der Waals surface area contributed by atoms with Gasteiger partial charge in [0.1, 0.15) is 17.6 Å². The Morgan fingerprint density at radius 1 is 0.971 bits per heavy atom. The number of rotatable bonds is 3. The van der Waals surface area contributed by atoms with Gasteiger partial charge in [-0.1, -0.05) is 26.8 Å². The Hall–Kier alpha value is -1.93. The van der Waals surface area contributed by atoms with Gasteiger partial charge in [-0.3, -0.25) is 14.4 Å². The van der Waals surface area contributed by atoms with E-state index in [4.69, 9.17) is 18.9 Å². The van der Waals surface area contributed by atoms with E-state index in [0.29, 0.717) is 18.6 Å². The van der Waals surface area contributed by atoms with E-state index >= 15 is 0 Å². The molecular weight excluding hydrogens is 440 g/mol. The van der Waals surface area contributed by atoms with Gasteiger partial charge >= 0.3 is 17.9 Å². The van der Waals surface area contributed by atoms with Crippen LogP contribution in [0.4, 0.5) is 0 Å². The predicted molar refractivity (Wildman–Crippen MR) is 119 cm³/mol. The highest BCUT2D eigenvalue weighted by Gasteiger charge is 2.87. The third kappa shape index (κ3) is 2.70. The van der Waals surface area contributed by atoms with E-state index in [0.717, 1.165) is 25.7 Å². The number of hydrogen-bond acceptors (Lipinski definition) is 8. The summed E-state index contributed by atoms with van der Waals surface area (Å²) in [6, 6.07) is 0. The third-order valence-corrected chi connectivity index (χ3v) is 9.78. The maximum Gasteiger partial charge on any atom is 0.303 e. The molecule has 0 amide bonds. The number of fused-ring (bicyclic) bond motifs is 2. The van der Waals surface area contributed by atoms with Gasteiger partial charge in [-0.25, -0.2) is 0 Å². The molecule has 6 aliphatic rings. The van der Waals surface area contributed by atoms with Crippen molar-refractivity contribution in [3.63, 3.8) is 0 Å². The minimum absolute atomic E-state index is 0.159. The van der Waals surface area contributed by atoms with Crippen LogP contribution < -0.4 is 0 Å². The second kappa shape index (κ2) is 7.29. The average molecular weight is 477 g/mol. The van der Waals surface area contributed by atoms with Crippen molar-refractivity contribution in [2.75, 3.05) is 6.61 Å². The van der Waals surface area contributed by atoms with E-state index in [1.807, 2.05) is 0 Å². The first-order valence-corrected chi connectivity index (χ1v) is 12.4. The van der Waals surface area contributed by atoms with Crippen LogP contribution in [0.5, 0.6) is 0 Å². The van der Waals surface area contributed by atoms with Crippen LogP contribution in [-0.2, 0) is 33.3 Å². The molecule has 1 N–H and O–H groups in total. The number of aliphatic hydroxyl groups is 1. The van der Waals surface area contributed by atoms with Crippen LogP contribution in [-0.4, -0.2) is 53.7 Å². The summed E-state index contributed by atoms with van der Waals surface area (Å²) < 4.78 is 24.1. The highest BCUT2D eigenvalue weighted by atomic mass is 16.7. The Morgan fingerprint density at radius 2 is 1.59 bits per heavy atom. The zero-order valence-corrected chi connectivity index (χ0v) is 20.7. The van der Waals surface area contributed by atoms with Crippen molar-refractivity contribution in [3.05, 3.63) is 12.2 Å². The standard InChI is InChI=1S/C26H36O8/c1-13-17-8-9-18-24-11-7-10-23(5,6)19(24)22(34-16(4)29)26(30,31-12-24)25(18,20(13)32-14(2)27)21(17)33-15(3)28/h17-22,30H,1,7-12H2,2-6H3. The van der Waals surface area contributed by atoms with Crippen molar-refractivity contribution >= 4 is 17.9 Å². The average Bonchev–Trinajstić information content (AvgIpc) is 2.83. The Labute approximate surface area is 200 Å². The second-order valence-corrected chi connectivity index (χ2v) is 11.8. The number of carbonyl (C=O) groups excluding carboxylic acids is 3. The fourth-order valence-corrected chi connectivity index (χ4v) is 9.16. The van der Waals surface area contributed by atoms with Crippen LogP contribution in [0.3, 0.4) is 0 Å². The highest BCUT2D eigenvalue weighted by Crippen LogP contribution is 2.78. The molecule has 188 valence electrons. The molecule has 0 aromatic heterocycles. The summed E-state index contributed by atoms with van der Waals surface area (Å²) in [7, 11) is 0. The third-order valence-electron chi connectivity index (χ3n) is 9.78. The summed E-state index contributed by atoms with van der Waals surface area (Å²) in [4.78, 5) is 37.0. The van der Waals surface area contributed by atoms with E-state index < -0.39 is 52.8 Å². The van der Waals surface area contributed by atoms with Gasteiger partial charge in [0.2, 0.25) is 5.79 Å². The van der Waals surface area contributed by atoms with Gasteiger partial charge in [-0.15, -0.1) is 0 Å². The maximum atomic E-state index is 12.6. The lowest BCUT2D eigenvalue weighted by molar-refractivity contribution is -0.467. The molecule has 2 aliphatic heterocycles. The molecule has 34 heavy (non-hydrogen) atoms. The van der Waals surface area contributed by atoms with Crippen molar-refractivity contribution in [2.45, 2.75) is 90.8 Å². The summed E-state index contributed by atoms with van der Waals surface area (Å²) in [6.07, 6.45) is 1.48. The molecule has 0 aromatic rings. The molecule has 8 heteroatoms. The molecule has 2 heterocycles. The Balaban J connectivity index is 1.80. The largest absolute Gasteiger partial charge is 0.461 e. The number of esters is 3. The van der Waals surface area contributed by atoms with Gasteiger partial charge in [0.05, 0.1) is 6.61 Å². The lowest BCUT2D eigenvalue weighted by Crippen LogP contribution is -2.85. The Kier molecular flexibility index (Phi) is 5.10. The zero-order valence-electron chi connectivity index (χ0n) is 20.7. The van der Waals surface area contributed by atoms with Crippen LogP contribution in [0.25, 0.3) is 0 Å². The number of carbonyl (C=O) groups is 3. The molecular formula is C26H36O8. The molecule has 4 saturated carbocycles. The van der Waals surface area contributed by atoms with E-state index in [1.54, 1.807) is 0 Å². The normalized spacial score (nSPS) is 47.9. The molecule has 9 unspecified atom stereocenters. The smallest absolute Gasteiger partial charge is 0.303 e. The quantitative estimate of drug-likeness (QED) is 0.376. The Bertz CT molecular complexity index is 956. The lowest BCUT2D eigenvalue weighted by Gasteiger charge is -2.75. The lowest BCUT2D eigenvalue weighted by atomic mass is 9.36. The van der Waals surface area contributed by atoms with Crippen molar-refractivity contribution < 1.29 is 38.4 Å². The Morgan fingerprint density at radius 3 is 2.21 bits per heavy atom. The molecule has 6 rings (SSSR count). The highest BCUT2D eigenvalue weighted by molar-refractivity contribution is 5.69. The van der Waals surface area contributed by atoms with Gasteiger partial charge in [-0.2, -0.15) is 0 Å². The van der Waals surface area contributed by atoms with Gasteiger partial charge in [0.15, 0.2) is 6.10 Å². The fraction of sp³-hybridized carbons (Fsp3) is 0.808. The first kappa shape index (κ1) is 23.8. The first-order chi connectivity index (χ1) is 15.8. The fourth-order valence-electron chi connectivity index (χ4n) is 9.16. The van der Waals surface area contributed by atoms with E-state index in [1.165, 1.54) is 20.8 Å². The van der Waals surface area contributed by atoms with Crippen molar-refractivity contribution in [1.82, 2.24) is 0 Å². The molecule has 0 aromatic carbocycles. The van der Waals surface area contributed by atoms with E-state index in [-0.39, 0.29) is 23.2 Å². The number of ether oxygens (including phenoxy) is 4. The summed E-state index contributed by atoms with van der Waals surface area (Å²) in [5, 5.41) is 12.6. The predicted octanol–water partition coefficient (Wildman–Crippen LogP) is 2.91.